The SMILES string of the molecule is CCN=C(NN)Nc1cccnc1C. The monoisotopic (exact) mass is 193 g/mol. The van der Waals surface area contributed by atoms with Crippen molar-refractivity contribution in [1.82, 2.24) is 10.4 Å². The van der Waals surface area contributed by atoms with E-state index in [1.807, 2.05) is 26.0 Å². The van der Waals surface area contributed by atoms with Crippen molar-refractivity contribution in [2.75, 3.05) is 11.9 Å². The van der Waals surface area contributed by atoms with E-state index in [2.05, 4.69) is 20.7 Å². The predicted molar refractivity (Wildman–Crippen MR) is 57.9 cm³/mol. The molecule has 0 saturated carbocycles. The molecular formula is C9H15N5. The Morgan fingerprint density at radius 2 is 2.43 bits per heavy atom. The zero-order chi connectivity index (χ0) is 10.4. The molecule has 76 valence electrons. The summed E-state index contributed by atoms with van der Waals surface area (Å²) in [6, 6.07) is 3.78. The van der Waals surface area contributed by atoms with Crippen LogP contribution in [0.2, 0.25) is 0 Å². The number of anilines is 1. The predicted octanol–water partition coefficient (Wildman–Crippen LogP) is 0.641. The fourth-order valence-corrected chi connectivity index (χ4v) is 1.02. The Balaban J connectivity index is 2.77. The van der Waals surface area contributed by atoms with E-state index in [0.717, 1.165) is 11.4 Å². The lowest BCUT2D eigenvalue weighted by atomic mass is 10.3. The quantitative estimate of drug-likeness (QED) is 0.279. The van der Waals surface area contributed by atoms with Gasteiger partial charge >= 0.3 is 0 Å². The molecule has 0 aliphatic rings. The second kappa shape index (κ2) is 5.18. The van der Waals surface area contributed by atoms with Gasteiger partial charge in [-0.3, -0.25) is 15.4 Å². The van der Waals surface area contributed by atoms with Gasteiger partial charge in [0.05, 0.1) is 11.4 Å². The molecule has 5 heteroatoms. The van der Waals surface area contributed by atoms with Crippen molar-refractivity contribution in [3.05, 3.63) is 24.0 Å². The van der Waals surface area contributed by atoms with Crippen molar-refractivity contribution in [3.8, 4) is 0 Å². The summed E-state index contributed by atoms with van der Waals surface area (Å²) in [6.07, 6.45) is 1.74. The number of aryl methyl sites for hydroxylation is 1. The zero-order valence-electron chi connectivity index (χ0n) is 8.41. The average Bonchev–Trinajstić information content (AvgIpc) is 2.20. The van der Waals surface area contributed by atoms with E-state index in [0.29, 0.717) is 12.5 Å². The minimum Gasteiger partial charge on any atom is -0.324 e. The molecule has 0 saturated heterocycles. The number of pyridine rings is 1. The van der Waals surface area contributed by atoms with Crippen molar-refractivity contribution in [2.45, 2.75) is 13.8 Å². The third-order valence-corrected chi connectivity index (χ3v) is 1.71. The maximum Gasteiger partial charge on any atom is 0.210 e. The molecular weight excluding hydrogens is 178 g/mol. The van der Waals surface area contributed by atoms with Gasteiger partial charge in [0.2, 0.25) is 5.96 Å². The van der Waals surface area contributed by atoms with Crippen LogP contribution in [-0.4, -0.2) is 17.5 Å². The fourth-order valence-electron chi connectivity index (χ4n) is 1.02. The summed E-state index contributed by atoms with van der Waals surface area (Å²) in [5, 5.41) is 3.05. The fraction of sp³-hybridized carbons (Fsp3) is 0.333. The van der Waals surface area contributed by atoms with Crippen LogP contribution < -0.4 is 16.6 Å². The molecule has 0 spiro atoms. The second-order valence-corrected chi connectivity index (χ2v) is 2.73. The molecule has 4 N–H and O–H groups in total. The van der Waals surface area contributed by atoms with E-state index < -0.39 is 0 Å². The van der Waals surface area contributed by atoms with Crippen LogP contribution in [-0.2, 0) is 0 Å². The molecule has 0 fully saturated rings. The first-order valence-electron chi connectivity index (χ1n) is 4.47. The van der Waals surface area contributed by atoms with Crippen LogP contribution in [0.1, 0.15) is 12.6 Å². The smallest absolute Gasteiger partial charge is 0.210 e. The van der Waals surface area contributed by atoms with Gasteiger partial charge in [0.15, 0.2) is 0 Å². The van der Waals surface area contributed by atoms with Gasteiger partial charge in [0.1, 0.15) is 0 Å². The first kappa shape index (κ1) is 10.5. The van der Waals surface area contributed by atoms with Gasteiger partial charge < -0.3 is 5.32 Å². The molecule has 14 heavy (non-hydrogen) atoms. The maximum atomic E-state index is 5.29. The number of nitrogens with one attached hydrogen (secondary N) is 2. The molecule has 0 aromatic carbocycles. The number of nitrogens with zero attached hydrogens (tertiary/aromatic N) is 2. The standard InChI is InChI=1S/C9H15N5/c1-3-11-9(14-10)13-8-5-4-6-12-7(8)2/h4-6H,3,10H2,1-2H3,(H2,11,13,14). The topological polar surface area (TPSA) is 75.3 Å². The highest BCUT2D eigenvalue weighted by atomic mass is 15.3. The molecule has 0 amide bonds. The summed E-state index contributed by atoms with van der Waals surface area (Å²) >= 11 is 0. The number of guanidine groups is 1. The van der Waals surface area contributed by atoms with Crippen LogP contribution in [0.4, 0.5) is 5.69 Å². The average molecular weight is 193 g/mol. The van der Waals surface area contributed by atoms with Gasteiger partial charge in [-0.25, -0.2) is 5.84 Å². The highest BCUT2D eigenvalue weighted by Gasteiger charge is 1.99. The number of aromatic nitrogens is 1. The Morgan fingerprint density at radius 3 is 3.00 bits per heavy atom. The van der Waals surface area contributed by atoms with E-state index in [4.69, 9.17) is 5.84 Å². The highest BCUT2D eigenvalue weighted by molar-refractivity contribution is 5.93. The Kier molecular flexibility index (Phi) is 3.87. The molecule has 0 atom stereocenters. The number of rotatable bonds is 2. The largest absolute Gasteiger partial charge is 0.324 e. The van der Waals surface area contributed by atoms with E-state index in [1.54, 1.807) is 6.20 Å². The van der Waals surface area contributed by atoms with Crippen LogP contribution >= 0.6 is 0 Å². The number of hydrogen-bond donors (Lipinski definition) is 3. The van der Waals surface area contributed by atoms with Crippen LogP contribution in [0, 0.1) is 6.92 Å². The maximum absolute atomic E-state index is 5.29. The lowest BCUT2D eigenvalue weighted by Gasteiger charge is -2.09. The third kappa shape index (κ3) is 2.70. The molecule has 1 heterocycles. The lowest BCUT2D eigenvalue weighted by molar-refractivity contribution is 0.984. The Bertz CT molecular complexity index is 321. The number of hydrogen-bond acceptors (Lipinski definition) is 3. The first-order chi connectivity index (χ1) is 6.77. The summed E-state index contributed by atoms with van der Waals surface area (Å²) in [4.78, 5) is 8.26. The van der Waals surface area contributed by atoms with Gasteiger partial charge in [-0.1, -0.05) is 0 Å². The van der Waals surface area contributed by atoms with E-state index in [-0.39, 0.29) is 0 Å². The normalized spacial score (nSPS) is 11.2. The summed E-state index contributed by atoms with van der Waals surface area (Å²) in [7, 11) is 0. The van der Waals surface area contributed by atoms with Gasteiger partial charge in [-0.05, 0) is 26.0 Å². The van der Waals surface area contributed by atoms with E-state index in [9.17, 15) is 0 Å². The van der Waals surface area contributed by atoms with Gasteiger partial charge in [0, 0.05) is 12.7 Å². The van der Waals surface area contributed by atoms with Crippen LogP contribution in [0.25, 0.3) is 0 Å². The molecule has 5 nitrogen and oxygen atoms in total. The van der Waals surface area contributed by atoms with Gasteiger partial charge in [0.25, 0.3) is 0 Å². The number of hydrazine groups is 1. The molecule has 0 bridgehead atoms. The van der Waals surface area contributed by atoms with Crippen LogP contribution in [0.15, 0.2) is 23.3 Å². The summed E-state index contributed by atoms with van der Waals surface area (Å²) in [5.41, 5.74) is 4.30. The van der Waals surface area contributed by atoms with E-state index >= 15 is 0 Å². The van der Waals surface area contributed by atoms with Crippen molar-refractivity contribution >= 4 is 11.6 Å². The molecule has 0 unspecified atom stereocenters. The summed E-state index contributed by atoms with van der Waals surface area (Å²) in [6.45, 7) is 4.53. The molecule has 0 aliphatic heterocycles. The molecule has 1 rings (SSSR count). The van der Waals surface area contributed by atoms with Crippen molar-refractivity contribution in [2.24, 2.45) is 10.8 Å². The number of aliphatic imine (C=N–C) groups is 1. The molecule has 0 radical (unpaired) electrons. The van der Waals surface area contributed by atoms with Gasteiger partial charge in [-0.2, -0.15) is 0 Å². The number of nitrogens with two attached hydrogens (primary N) is 1. The third-order valence-electron chi connectivity index (χ3n) is 1.71. The molecule has 1 aromatic heterocycles. The summed E-state index contributed by atoms with van der Waals surface area (Å²) < 4.78 is 0. The van der Waals surface area contributed by atoms with Crippen molar-refractivity contribution < 1.29 is 0 Å². The Labute approximate surface area is 83.4 Å². The van der Waals surface area contributed by atoms with Crippen molar-refractivity contribution in [3.63, 3.8) is 0 Å². The summed E-state index contributed by atoms with van der Waals surface area (Å²) in [5.74, 6) is 5.84. The lowest BCUT2D eigenvalue weighted by Crippen LogP contribution is -2.36. The van der Waals surface area contributed by atoms with E-state index in [1.165, 1.54) is 0 Å². The Hall–Kier alpha value is -1.62. The zero-order valence-corrected chi connectivity index (χ0v) is 8.41. The highest BCUT2D eigenvalue weighted by Crippen LogP contribution is 2.09. The first-order valence-corrected chi connectivity index (χ1v) is 4.47. The molecule has 0 aliphatic carbocycles. The van der Waals surface area contributed by atoms with Gasteiger partial charge in [-0.15, -0.1) is 0 Å². The van der Waals surface area contributed by atoms with Crippen LogP contribution in [0.3, 0.4) is 0 Å². The Morgan fingerprint density at radius 1 is 1.64 bits per heavy atom. The second-order valence-electron chi connectivity index (χ2n) is 2.73. The van der Waals surface area contributed by atoms with Crippen molar-refractivity contribution in [1.29, 1.82) is 0 Å². The molecule has 1 aromatic rings. The van der Waals surface area contributed by atoms with Crippen LogP contribution in [0.5, 0.6) is 0 Å². The minimum absolute atomic E-state index is 0.545. The minimum atomic E-state index is 0.545.